The Morgan fingerprint density at radius 1 is 1.56 bits per heavy atom. The molecule has 1 fully saturated rings. The molecule has 4 heteroatoms. The summed E-state index contributed by atoms with van der Waals surface area (Å²) in [6.45, 7) is 2.23. The SMILES string of the molecule is CCOC(=O)[C@@]1(Br)C[C@@H]1c1ccc(Cl)cc1. The van der Waals surface area contributed by atoms with Crippen LogP contribution in [-0.4, -0.2) is 16.9 Å². The topological polar surface area (TPSA) is 26.3 Å². The number of alkyl halides is 1. The van der Waals surface area contributed by atoms with Crippen molar-refractivity contribution in [2.24, 2.45) is 0 Å². The first-order chi connectivity index (χ1) is 7.58. The Balaban J connectivity index is 2.10. The second kappa shape index (κ2) is 4.38. The second-order valence-corrected chi connectivity index (χ2v) is 5.74. The van der Waals surface area contributed by atoms with Gasteiger partial charge in [-0.25, -0.2) is 0 Å². The molecule has 0 radical (unpaired) electrons. The Bertz CT molecular complexity index is 404. The summed E-state index contributed by atoms with van der Waals surface area (Å²) >= 11 is 9.29. The van der Waals surface area contributed by atoms with E-state index in [0.29, 0.717) is 11.6 Å². The van der Waals surface area contributed by atoms with E-state index in [9.17, 15) is 4.79 Å². The van der Waals surface area contributed by atoms with Crippen molar-refractivity contribution in [2.75, 3.05) is 6.61 Å². The van der Waals surface area contributed by atoms with Gasteiger partial charge in [-0.2, -0.15) is 0 Å². The molecule has 0 saturated heterocycles. The third-order valence-electron chi connectivity index (χ3n) is 2.78. The highest BCUT2D eigenvalue weighted by Gasteiger charge is 2.60. The molecule has 0 spiro atoms. The van der Waals surface area contributed by atoms with Gasteiger partial charge in [0.05, 0.1) is 6.61 Å². The average molecular weight is 304 g/mol. The summed E-state index contributed by atoms with van der Waals surface area (Å²) in [5.74, 6) is 0.0266. The third kappa shape index (κ3) is 2.11. The first kappa shape index (κ1) is 11.9. The normalized spacial score (nSPS) is 27.6. The molecule has 2 nitrogen and oxygen atoms in total. The van der Waals surface area contributed by atoms with Gasteiger partial charge in [-0.1, -0.05) is 39.7 Å². The predicted molar refractivity (Wildman–Crippen MR) is 67.1 cm³/mol. The van der Waals surface area contributed by atoms with Crippen molar-refractivity contribution in [3.8, 4) is 0 Å². The lowest BCUT2D eigenvalue weighted by Gasteiger charge is -2.08. The van der Waals surface area contributed by atoms with E-state index in [0.717, 1.165) is 12.0 Å². The van der Waals surface area contributed by atoms with Crippen LogP contribution >= 0.6 is 27.5 Å². The number of halogens is 2. The van der Waals surface area contributed by atoms with Gasteiger partial charge in [-0.3, -0.25) is 4.79 Å². The van der Waals surface area contributed by atoms with E-state index in [2.05, 4.69) is 15.9 Å². The van der Waals surface area contributed by atoms with Crippen LogP contribution in [0.2, 0.25) is 5.02 Å². The fourth-order valence-electron chi connectivity index (χ4n) is 1.79. The molecule has 1 aliphatic carbocycles. The number of benzene rings is 1. The van der Waals surface area contributed by atoms with Crippen LogP contribution in [0.25, 0.3) is 0 Å². The molecular formula is C12H12BrClO2. The maximum atomic E-state index is 11.7. The standard InChI is InChI=1S/C12H12BrClO2/c1-2-16-11(15)12(13)7-10(12)8-3-5-9(14)6-4-8/h3-6,10H,2,7H2,1H3/t10-,12-/m1/s1. The van der Waals surface area contributed by atoms with Gasteiger partial charge in [0.2, 0.25) is 0 Å². The Morgan fingerprint density at radius 3 is 2.75 bits per heavy atom. The van der Waals surface area contributed by atoms with Crippen LogP contribution in [0, 0.1) is 0 Å². The molecule has 0 unspecified atom stereocenters. The van der Waals surface area contributed by atoms with Crippen molar-refractivity contribution in [1.82, 2.24) is 0 Å². The van der Waals surface area contributed by atoms with Crippen molar-refractivity contribution in [2.45, 2.75) is 23.6 Å². The molecule has 1 saturated carbocycles. The Labute approximate surface area is 108 Å². The van der Waals surface area contributed by atoms with E-state index in [1.54, 1.807) is 0 Å². The quantitative estimate of drug-likeness (QED) is 0.631. The van der Waals surface area contributed by atoms with Gasteiger partial charge < -0.3 is 4.74 Å². The van der Waals surface area contributed by atoms with Gasteiger partial charge in [-0.15, -0.1) is 0 Å². The molecule has 0 N–H and O–H groups in total. The Morgan fingerprint density at radius 2 is 2.19 bits per heavy atom. The average Bonchev–Trinajstić information content (AvgIpc) is 2.94. The van der Waals surface area contributed by atoms with Crippen molar-refractivity contribution in [1.29, 1.82) is 0 Å². The van der Waals surface area contributed by atoms with E-state index in [1.165, 1.54) is 0 Å². The van der Waals surface area contributed by atoms with Crippen molar-refractivity contribution < 1.29 is 9.53 Å². The molecule has 0 amide bonds. The summed E-state index contributed by atoms with van der Waals surface area (Å²) in [6.07, 6.45) is 0.785. The molecule has 1 aliphatic rings. The first-order valence-corrected chi connectivity index (χ1v) is 6.36. The Kier molecular flexibility index (Phi) is 3.27. The lowest BCUT2D eigenvalue weighted by Crippen LogP contribution is -2.20. The molecule has 86 valence electrons. The summed E-state index contributed by atoms with van der Waals surface area (Å²) in [7, 11) is 0. The van der Waals surface area contributed by atoms with Gasteiger partial charge >= 0.3 is 5.97 Å². The zero-order valence-electron chi connectivity index (χ0n) is 8.87. The maximum absolute atomic E-state index is 11.7. The molecular weight excluding hydrogens is 291 g/mol. The van der Waals surface area contributed by atoms with E-state index in [1.807, 2.05) is 31.2 Å². The summed E-state index contributed by atoms with van der Waals surface area (Å²) in [5, 5.41) is 0.709. The van der Waals surface area contributed by atoms with Crippen LogP contribution in [0.5, 0.6) is 0 Å². The molecule has 2 rings (SSSR count). The molecule has 1 aromatic rings. The van der Waals surface area contributed by atoms with Crippen LogP contribution in [0.15, 0.2) is 24.3 Å². The highest BCUT2D eigenvalue weighted by atomic mass is 79.9. The first-order valence-electron chi connectivity index (χ1n) is 5.19. The molecule has 1 aromatic carbocycles. The smallest absolute Gasteiger partial charge is 0.323 e. The third-order valence-corrected chi connectivity index (χ3v) is 4.23. The summed E-state index contributed by atoms with van der Waals surface area (Å²) < 4.78 is 4.52. The molecule has 0 aliphatic heterocycles. The second-order valence-electron chi connectivity index (χ2n) is 3.89. The number of esters is 1. The van der Waals surface area contributed by atoms with Crippen LogP contribution in [0.4, 0.5) is 0 Å². The Hall–Kier alpha value is -0.540. The van der Waals surface area contributed by atoms with Crippen LogP contribution in [0.3, 0.4) is 0 Å². The number of carbonyl (C=O) groups excluding carboxylic acids is 1. The minimum Gasteiger partial charge on any atom is -0.465 e. The van der Waals surface area contributed by atoms with Crippen molar-refractivity contribution in [3.05, 3.63) is 34.9 Å². The highest BCUT2D eigenvalue weighted by Crippen LogP contribution is 2.58. The van der Waals surface area contributed by atoms with Crippen molar-refractivity contribution in [3.63, 3.8) is 0 Å². The van der Waals surface area contributed by atoms with E-state index >= 15 is 0 Å². The highest BCUT2D eigenvalue weighted by molar-refractivity contribution is 9.10. The minimum atomic E-state index is -0.517. The number of ether oxygens (including phenoxy) is 1. The van der Waals surface area contributed by atoms with Crippen molar-refractivity contribution >= 4 is 33.5 Å². The molecule has 0 heterocycles. The number of rotatable bonds is 3. The number of hydrogen-bond acceptors (Lipinski definition) is 2. The lowest BCUT2D eigenvalue weighted by atomic mass is 10.1. The largest absolute Gasteiger partial charge is 0.465 e. The number of carbonyl (C=O) groups is 1. The summed E-state index contributed by atoms with van der Waals surface area (Å²) in [4.78, 5) is 11.7. The van der Waals surface area contributed by atoms with Crippen LogP contribution in [0.1, 0.15) is 24.8 Å². The van der Waals surface area contributed by atoms with E-state index in [4.69, 9.17) is 16.3 Å². The number of hydrogen-bond donors (Lipinski definition) is 0. The van der Waals surface area contributed by atoms with Gasteiger partial charge in [0.1, 0.15) is 4.32 Å². The molecule has 2 atom stereocenters. The molecule has 16 heavy (non-hydrogen) atoms. The summed E-state index contributed by atoms with van der Waals surface area (Å²) in [6, 6.07) is 7.59. The fraction of sp³-hybridized carbons (Fsp3) is 0.417. The monoisotopic (exact) mass is 302 g/mol. The van der Waals surface area contributed by atoms with Crippen LogP contribution < -0.4 is 0 Å². The predicted octanol–water partition coefficient (Wildman–Crippen LogP) is 3.52. The molecule has 0 aromatic heterocycles. The minimum absolute atomic E-state index is 0.171. The zero-order valence-corrected chi connectivity index (χ0v) is 11.2. The van der Waals surface area contributed by atoms with Gasteiger partial charge in [0.15, 0.2) is 0 Å². The summed E-state index contributed by atoms with van der Waals surface area (Å²) in [5.41, 5.74) is 1.12. The van der Waals surface area contributed by atoms with Crippen LogP contribution in [-0.2, 0) is 9.53 Å². The van der Waals surface area contributed by atoms with Gasteiger partial charge in [0.25, 0.3) is 0 Å². The lowest BCUT2D eigenvalue weighted by molar-refractivity contribution is -0.143. The van der Waals surface area contributed by atoms with Gasteiger partial charge in [0, 0.05) is 10.9 Å². The van der Waals surface area contributed by atoms with E-state index in [-0.39, 0.29) is 11.9 Å². The van der Waals surface area contributed by atoms with E-state index < -0.39 is 4.32 Å². The molecule has 0 bridgehead atoms. The fourth-order valence-corrected chi connectivity index (χ4v) is 2.62. The van der Waals surface area contributed by atoms with Gasteiger partial charge in [-0.05, 0) is 31.0 Å². The maximum Gasteiger partial charge on any atom is 0.323 e. The zero-order chi connectivity index (χ0) is 11.8.